The highest BCUT2D eigenvalue weighted by Gasteiger charge is 2.41. The molecule has 114 valence electrons. The third kappa shape index (κ3) is 3.20. The van der Waals surface area contributed by atoms with Crippen molar-refractivity contribution in [3.05, 3.63) is 0 Å². The number of carbonyl (C=O) groups excluding carboxylic acids is 1. The molecule has 0 aliphatic carbocycles. The van der Waals surface area contributed by atoms with Gasteiger partial charge < -0.3 is 30.6 Å². The summed E-state index contributed by atoms with van der Waals surface area (Å²) in [6.07, 6.45) is 0.559. The van der Waals surface area contributed by atoms with E-state index in [1.165, 1.54) is 0 Å². The van der Waals surface area contributed by atoms with E-state index >= 15 is 0 Å². The fraction of sp³-hybridized carbons (Fsp3) is 0.833. The van der Waals surface area contributed by atoms with Crippen molar-refractivity contribution < 1.29 is 19.5 Å². The Balaban J connectivity index is 2.06. The maximum absolute atomic E-state index is 12.3. The molecule has 1 atom stereocenters. The number of likely N-dealkylation sites (tertiary alicyclic amines) is 1. The number of rotatable bonds is 3. The van der Waals surface area contributed by atoms with E-state index in [-0.39, 0.29) is 18.3 Å². The minimum absolute atomic E-state index is 0.0377. The molecule has 2 aliphatic rings. The average molecular weight is 286 g/mol. The summed E-state index contributed by atoms with van der Waals surface area (Å²) in [5.74, 6) is -0.239. The molecule has 2 rings (SSSR count). The highest BCUT2D eigenvalue weighted by Crippen LogP contribution is 2.22. The van der Waals surface area contributed by atoms with E-state index < -0.39 is 11.6 Å². The SMILES string of the molecule is CN1CCC(NC(=O)C2COCCO2)(C(N)=NO)CC1. The van der Waals surface area contributed by atoms with Gasteiger partial charge in [-0.05, 0) is 19.9 Å². The Hall–Kier alpha value is -1.38. The number of oxime groups is 1. The maximum Gasteiger partial charge on any atom is 0.252 e. The van der Waals surface area contributed by atoms with Crippen LogP contribution in [0.5, 0.6) is 0 Å². The van der Waals surface area contributed by atoms with E-state index in [9.17, 15) is 4.79 Å². The van der Waals surface area contributed by atoms with E-state index in [0.717, 1.165) is 13.1 Å². The number of amidine groups is 1. The molecule has 4 N–H and O–H groups in total. The Labute approximate surface area is 117 Å². The maximum atomic E-state index is 12.3. The van der Waals surface area contributed by atoms with Crippen LogP contribution in [0, 0.1) is 0 Å². The van der Waals surface area contributed by atoms with Crippen molar-refractivity contribution in [2.24, 2.45) is 10.9 Å². The lowest BCUT2D eigenvalue weighted by atomic mass is 9.86. The normalized spacial score (nSPS) is 28.1. The minimum atomic E-state index is -0.806. The molecule has 2 fully saturated rings. The zero-order valence-corrected chi connectivity index (χ0v) is 11.7. The van der Waals surface area contributed by atoms with Crippen molar-refractivity contribution in [1.82, 2.24) is 10.2 Å². The molecular formula is C12H22N4O4. The number of nitrogens with two attached hydrogens (primary N) is 1. The van der Waals surface area contributed by atoms with Gasteiger partial charge in [-0.3, -0.25) is 4.79 Å². The quantitative estimate of drug-likeness (QED) is 0.258. The largest absolute Gasteiger partial charge is 0.409 e. The van der Waals surface area contributed by atoms with Crippen LogP contribution in [-0.4, -0.2) is 73.5 Å². The van der Waals surface area contributed by atoms with E-state index in [0.29, 0.717) is 26.1 Å². The van der Waals surface area contributed by atoms with E-state index in [1.807, 2.05) is 7.05 Å². The molecule has 2 heterocycles. The topological polar surface area (TPSA) is 109 Å². The zero-order valence-electron chi connectivity index (χ0n) is 11.7. The first-order chi connectivity index (χ1) is 9.57. The van der Waals surface area contributed by atoms with Crippen molar-refractivity contribution in [2.45, 2.75) is 24.5 Å². The number of carbonyl (C=O) groups is 1. The second-order valence-corrected chi connectivity index (χ2v) is 5.29. The highest BCUT2D eigenvalue weighted by molar-refractivity contribution is 5.95. The molecule has 0 bridgehead atoms. The predicted molar refractivity (Wildman–Crippen MR) is 71.6 cm³/mol. The van der Waals surface area contributed by atoms with Crippen molar-refractivity contribution in [3.8, 4) is 0 Å². The lowest BCUT2D eigenvalue weighted by Crippen LogP contribution is -2.64. The molecule has 2 aliphatic heterocycles. The number of hydrogen-bond acceptors (Lipinski definition) is 6. The third-order valence-electron chi connectivity index (χ3n) is 3.91. The Morgan fingerprint density at radius 2 is 2.15 bits per heavy atom. The number of nitrogens with one attached hydrogen (secondary N) is 1. The number of hydrogen-bond donors (Lipinski definition) is 3. The van der Waals surface area contributed by atoms with Crippen LogP contribution in [0.1, 0.15) is 12.8 Å². The number of amides is 1. The number of ether oxygens (including phenoxy) is 2. The fourth-order valence-electron chi connectivity index (χ4n) is 2.50. The molecule has 0 radical (unpaired) electrons. The molecule has 1 unspecified atom stereocenters. The summed E-state index contributed by atoms with van der Waals surface area (Å²) < 4.78 is 10.6. The van der Waals surface area contributed by atoms with Crippen LogP contribution < -0.4 is 11.1 Å². The van der Waals surface area contributed by atoms with Crippen molar-refractivity contribution in [1.29, 1.82) is 0 Å². The Bertz CT molecular complexity index is 374. The molecule has 8 nitrogen and oxygen atoms in total. The van der Waals surface area contributed by atoms with Crippen LogP contribution in [-0.2, 0) is 14.3 Å². The standard InChI is InChI=1S/C12H22N4O4/c1-16-4-2-12(3-5-16,11(13)15-18)14-10(17)9-8-19-6-7-20-9/h9,18H,2-8H2,1H3,(H2,13,15)(H,14,17). The Morgan fingerprint density at radius 3 is 2.70 bits per heavy atom. The highest BCUT2D eigenvalue weighted by atomic mass is 16.6. The van der Waals surface area contributed by atoms with Crippen molar-refractivity contribution in [3.63, 3.8) is 0 Å². The van der Waals surface area contributed by atoms with Gasteiger partial charge in [0, 0.05) is 13.1 Å². The summed E-state index contributed by atoms with van der Waals surface area (Å²) in [4.78, 5) is 14.4. The fourth-order valence-corrected chi connectivity index (χ4v) is 2.50. The van der Waals surface area contributed by atoms with Crippen LogP contribution >= 0.6 is 0 Å². The van der Waals surface area contributed by atoms with Gasteiger partial charge in [0.2, 0.25) is 0 Å². The summed E-state index contributed by atoms with van der Waals surface area (Å²) >= 11 is 0. The average Bonchev–Trinajstić information content (AvgIpc) is 2.49. The second kappa shape index (κ2) is 6.38. The van der Waals surface area contributed by atoms with Gasteiger partial charge in [0.1, 0.15) is 5.54 Å². The minimum Gasteiger partial charge on any atom is -0.409 e. The monoisotopic (exact) mass is 286 g/mol. The first kappa shape index (κ1) is 15.0. The van der Waals surface area contributed by atoms with Crippen LogP contribution in [0.4, 0.5) is 0 Å². The van der Waals surface area contributed by atoms with Gasteiger partial charge in [-0.25, -0.2) is 0 Å². The van der Waals surface area contributed by atoms with Gasteiger partial charge in [0.25, 0.3) is 5.91 Å². The van der Waals surface area contributed by atoms with Crippen molar-refractivity contribution >= 4 is 11.7 Å². The summed E-state index contributed by atoms with van der Waals surface area (Å²) in [6.45, 7) is 2.66. The van der Waals surface area contributed by atoms with Crippen LogP contribution in [0.25, 0.3) is 0 Å². The van der Waals surface area contributed by atoms with Crippen LogP contribution in [0.15, 0.2) is 5.16 Å². The first-order valence-electron chi connectivity index (χ1n) is 6.75. The molecule has 0 aromatic heterocycles. The Kier molecular flexibility index (Phi) is 4.79. The summed E-state index contributed by atoms with van der Waals surface area (Å²) in [6, 6.07) is 0. The van der Waals surface area contributed by atoms with E-state index in [4.69, 9.17) is 20.4 Å². The molecule has 0 spiro atoms. The first-order valence-corrected chi connectivity index (χ1v) is 6.75. The molecule has 0 saturated carbocycles. The lowest BCUT2D eigenvalue weighted by Gasteiger charge is -2.41. The van der Waals surface area contributed by atoms with Crippen LogP contribution in [0.2, 0.25) is 0 Å². The zero-order chi connectivity index (χ0) is 14.6. The molecule has 1 amide bonds. The summed E-state index contributed by atoms with van der Waals surface area (Å²) in [5, 5.41) is 15.0. The molecule has 20 heavy (non-hydrogen) atoms. The molecule has 2 saturated heterocycles. The van der Waals surface area contributed by atoms with Crippen LogP contribution in [0.3, 0.4) is 0 Å². The van der Waals surface area contributed by atoms with Crippen molar-refractivity contribution in [2.75, 3.05) is 40.0 Å². The lowest BCUT2D eigenvalue weighted by molar-refractivity contribution is -0.149. The molecule has 0 aromatic carbocycles. The summed E-state index contributed by atoms with van der Waals surface area (Å²) in [7, 11) is 2.00. The van der Waals surface area contributed by atoms with E-state index in [1.54, 1.807) is 0 Å². The Morgan fingerprint density at radius 1 is 1.45 bits per heavy atom. The molecule has 8 heteroatoms. The van der Waals surface area contributed by atoms with Gasteiger partial charge >= 0.3 is 0 Å². The van der Waals surface area contributed by atoms with Gasteiger partial charge in [0.05, 0.1) is 19.8 Å². The molecular weight excluding hydrogens is 264 g/mol. The van der Waals surface area contributed by atoms with Gasteiger partial charge in [-0.1, -0.05) is 5.16 Å². The second-order valence-electron chi connectivity index (χ2n) is 5.29. The van der Waals surface area contributed by atoms with Gasteiger partial charge in [-0.15, -0.1) is 0 Å². The molecule has 0 aromatic rings. The predicted octanol–water partition coefficient (Wildman–Crippen LogP) is -1.27. The number of nitrogens with zero attached hydrogens (tertiary/aromatic N) is 2. The number of piperidine rings is 1. The van der Waals surface area contributed by atoms with Gasteiger partial charge in [-0.2, -0.15) is 0 Å². The van der Waals surface area contributed by atoms with Gasteiger partial charge in [0.15, 0.2) is 11.9 Å². The third-order valence-corrected chi connectivity index (χ3v) is 3.91. The summed E-state index contributed by atoms with van der Waals surface area (Å²) in [5.41, 5.74) is 4.99. The van der Waals surface area contributed by atoms with E-state index in [2.05, 4.69) is 15.4 Å². The smallest absolute Gasteiger partial charge is 0.252 e.